The van der Waals surface area contributed by atoms with E-state index in [9.17, 15) is 0 Å². The SMILES string of the molecule is Clc1nc(OC2CCCC2)nc(N2CCOCC2)n1. The third-order valence-corrected chi connectivity index (χ3v) is 3.61. The first-order valence-corrected chi connectivity index (χ1v) is 7.10. The van der Waals surface area contributed by atoms with Gasteiger partial charge in [0.25, 0.3) is 0 Å². The van der Waals surface area contributed by atoms with E-state index in [1.165, 1.54) is 12.8 Å². The Hall–Kier alpha value is -1.14. The Kier molecular flexibility index (Phi) is 3.98. The molecule has 6 nitrogen and oxygen atoms in total. The number of hydrogen-bond donors (Lipinski definition) is 0. The minimum atomic E-state index is 0.185. The van der Waals surface area contributed by atoms with Gasteiger partial charge in [0.05, 0.1) is 13.2 Å². The lowest BCUT2D eigenvalue weighted by Gasteiger charge is -2.26. The van der Waals surface area contributed by atoms with Gasteiger partial charge < -0.3 is 14.4 Å². The summed E-state index contributed by atoms with van der Waals surface area (Å²) in [6, 6.07) is 0.341. The molecule has 2 fully saturated rings. The molecule has 1 saturated carbocycles. The molecule has 0 amide bonds. The molecule has 1 aliphatic heterocycles. The molecule has 19 heavy (non-hydrogen) atoms. The van der Waals surface area contributed by atoms with Crippen molar-refractivity contribution >= 4 is 17.5 Å². The van der Waals surface area contributed by atoms with Crippen LogP contribution in [0.25, 0.3) is 0 Å². The van der Waals surface area contributed by atoms with Crippen LogP contribution < -0.4 is 9.64 Å². The molecule has 1 saturated heterocycles. The normalized spacial score (nSPS) is 20.8. The van der Waals surface area contributed by atoms with Crippen molar-refractivity contribution in [1.29, 1.82) is 0 Å². The Morgan fingerprint density at radius 2 is 1.84 bits per heavy atom. The summed E-state index contributed by atoms with van der Waals surface area (Å²) in [4.78, 5) is 14.6. The van der Waals surface area contributed by atoms with Crippen molar-refractivity contribution in [3.05, 3.63) is 5.28 Å². The molecule has 0 atom stereocenters. The zero-order valence-corrected chi connectivity index (χ0v) is 11.5. The summed E-state index contributed by atoms with van der Waals surface area (Å²) in [5.74, 6) is 0.580. The third-order valence-electron chi connectivity index (χ3n) is 3.44. The molecule has 3 rings (SSSR count). The topological polar surface area (TPSA) is 60.4 Å². The Morgan fingerprint density at radius 3 is 2.58 bits per heavy atom. The number of morpholine rings is 1. The highest BCUT2D eigenvalue weighted by atomic mass is 35.5. The summed E-state index contributed by atoms with van der Waals surface area (Å²) in [7, 11) is 0. The second kappa shape index (κ2) is 5.88. The van der Waals surface area contributed by atoms with Crippen molar-refractivity contribution in [3.63, 3.8) is 0 Å². The largest absolute Gasteiger partial charge is 0.460 e. The predicted octanol–water partition coefficient (Wildman–Crippen LogP) is 1.68. The Morgan fingerprint density at radius 1 is 1.11 bits per heavy atom. The van der Waals surface area contributed by atoms with Gasteiger partial charge in [-0.25, -0.2) is 0 Å². The van der Waals surface area contributed by atoms with Gasteiger partial charge in [-0.2, -0.15) is 15.0 Å². The van der Waals surface area contributed by atoms with Gasteiger partial charge in [0.15, 0.2) is 0 Å². The third kappa shape index (κ3) is 3.25. The first-order chi connectivity index (χ1) is 9.31. The molecule has 0 aromatic carbocycles. The number of hydrogen-bond acceptors (Lipinski definition) is 6. The summed E-state index contributed by atoms with van der Waals surface area (Å²) in [6.45, 7) is 2.90. The average Bonchev–Trinajstić information content (AvgIpc) is 2.92. The van der Waals surface area contributed by atoms with E-state index in [1.807, 2.05) is 4.90 Å². The molecule has 1 aliphatic carbocycles. The van der Waals surface area contributed by atoms with E-state index in [1.54, 1.807) is 0 Å². The maximum atomic E-state index is 5.95. The van der Waals surface area contributed by atoms with Gasteiger partial charge in [0.2, 0.25) is 11.2 Å². The summed E-state index contributed by atoms with van der Waals surface area (Å²) in [5.41, 5.74) is 0. The minimum absolute atomic E-state index is 0.185. The van der Waals surface area contributed by atoms with Gasteiger partial charge in [0, 0.05) is 13.1 Å². The quantitative estimate of drug-likeness (QED) is 0.842. The van der Waals surface area contributed by atoms with Gasteiger partial charge in [-0.1, -0.05) is 0 Å². The van der Waals surface area contributed by atoms with Gasteiger partial charge in [-0.15, -0.1) is 0 Å². The molecular formula is C12H17ClN4O2. The van der Waals surface area contributed by atoms with E-state index in [0.29, 0.717) is 25.2 Å². The molecule has 0 radical (unpaired) electrons. The van der Waals surface area contributed by atoms with E-state index in [2.05, 4.69) is 15.0 Å². The van der Waals surface area contributed by atoms with Gasteiger partial charge >= 0.3 is 6.01 Å². The van der Waals surface area contributed by atoms with E-state index < -0.39 is 0 Å². The summed E-state index contributed by atoms with van der Waals surface area (Å²) < 4.78 is 11.1. The van der Waals surface area contributed by atoms with Crippen molar-refractivity contribution in [3.8, 4) is 6.01 Å². The number of halogens is 1. The monoisotopic (exact) mass is 284 g/mol. The molecule has 2 aliphatic rings. The summed E-state index contributed by atoms with van der Waals surface area (Å²) in [5, 5.41) is 0.185. The van der Waals surface area contributed by atoms with Crippen LogP contribution in [-0.2, 0) is 4.74 Å². The highest BCUT2D eigenvalue weighted by molar-refractivity contribution is 6.28. The van der Waals surface area contributed by atoms with E-state index >= 15 is 0 Å². The first kappa shape index (κ1) is 12.9. The minimum Gasteiger partial charge on any atom is -0.460 e. The molecule has 2 heterocycles. The van der Waals surface area contributed by atoms with Crippen LogP contribution in [0.15, 0.2) is 0 Å². The maximum absolute atomic E-state index is 5.95. The fraction of sp³-hybridized carbons (Fsp3) is 0.750. The average molecular weight is 285 g/mol. The predicted molar refractivity (Wildman–Crippen MR) is 70.8 cm³/mol. The molecule has 1 aromatic heterocycles. The highest BCUT2D eigenvalue weighted by Crippen LogP contribution is 2.23. The molecule has 0 N–H and O–H groups in total. The molecule has 1 aromatic rings. The molecule has 0 bridgehead atoms. The molecule has 0 spiro atoms. The van der Waals surface area contributed by atoms with E-state index in [0.717, 1.165) is 25.9 Å². The van der Waals surface area contributed by atoms with E-state index in [-0.39, 0.29) is 11.4 Å². The second-order valence-electron chi connectivity index (χ2n) is 4.81. The Bertz CT molecular complexity index is 434. The smallest absolute Gasteiger partial charge is 0.322 e. The number of aromatic nitrogens is 3. The molecular weight excluding hydrogens is 268 g/mol. The molecule has 0 unspecified atom stereocenters. The zero-order valence-electron chi connectivity index (χ0n) is 10.7. The Balaban J connectivity index is 1.74. The van der Waals surface area contributed by atoms with Crippen molar-refractivity contribution in [2.75, 3.05) is 31.2 Å². The van der Waals surface area contributed by atoms with E-state index in [4.69, 9.17) is 21.1 Å². The number of ether oxygens (including phenoxy) is 2. The maximum Gasteiger partial charge on any atom is 0.322 e. The molecule has 104 valence electrons. The highest BCUT2D eigenvalue weighted by Gasteiger charge is 2.20. The van der Waals surface area contributed by atoms with Gasteiger partial charge in [-0.05, 0) is 37.3 Å². The van der Waals surface area contributed by atoms with Crippen LogP contribution >= 0.6 is 11.6 Å². The van der Waals surface area contributed by atoms with Crippen LogP contribution in [-0.4, -0.2) is 47.4 Å². The standard InChI is InChI=1S/C12H17ClN4O2/c13-10-14-11(17-5-7-18-8-6-17)16-12(15-10)19-9-3-1-2-4-9/h9H,1-8H2. The summed E-state index contributed by atoms with van der Waals surface area (Å²) >= 11 is 5.95. The number of anilines is 1. The van der Waals surface area contributed by atoms with Crippen molar-refractivity contribution < 1.29 is 9.47 Å². The first-order valence-electron chi connectivity index (χ1n) is 6.72. The zero-order chi connectivity index (χ0) is 13.1. The lowest BCUT2D eigenvalue weighted by atomic mass is 10.3. The van der Waals surface area contributed by atoms with Gasteiger partial charge in [-0.3, -0.25) is 0 Å². The van der Waals surface area contributed by atoms with Crippen LogP contribution in [0.5, 0.6) is 6.01 Å². The second-order valence-corrected chi connectivity index (χ2v) is 5.15. The Labute approximate surface area is 117 Å². The van der Waals surface area contributed by atoms with Crippen molar-refractivity contribution in [2.45, 2.75) is 31.8 Å². The van der Waals surface area contributed by atoms with Crippen LogP contribution in [0.3, 0.4) is 0 Å². The van der Waals surface area contributed by atoms with Crippen molar-refractivity contribution in [2.24, 2.45) is 0 Å². The fourth-order valence-corrected chi connectivity index (χ4v) is 2.58. The fourth-order valence-electron chi connectivity index (χ4n) is 2.43. The summed E-state index contributed by atoms with van der Waals surface area (Å²) in [6.07, 6.45) is 4.77. The molecule has 7 heteroatoms. The van der Waals surface area contributed by atoms with Crippen LogP contribution in [0.2, 0.25) is 5.28 Å². The van der Waals surface area contributed by atoms with Gasteiger partial charge in [0.1, 0.15) is 6.10 Å². The van der Waals surface area contributed by atoms with Crippen LogP contribution in [0, 0.1) is 0 Å². The lowest BCUT2D eigenvalue weighted by Crippen LogP contribution is -2.37. The van der Waals surface area contributed by atoms with Crippen molar-refractivity contribution in [1.82, 2.24) is 15.0 Å². The van der Waals surface area contributed by atoms with Crippen LogP contribution in [0.4, 0.5) is 5.95 Å². The lowest BCUT2D eigenvalue weighted by molar-refractivity contribution is 0.121. The van der Waals surface area contributed by atoms with Crippen LogP contribution in [0.1, 0.15) is 25.7 Å². The number of nitrogens with zero attached hydrogens (tertiary/aromatic N) is 4. The number of rotatable bonds is 3.